The number of phenols is 1. The first-order valence-electron chi connectivity index (χ1n) is 7.67. The van der Waals surface area contributed by atoms with Gasteiger partial charge >= 0.3 is 0 Å². The molecule has 1 aliphatic rings. The highest BCUT2D eigenvalue weighted by Crippen LogP contribution is 2.41. The Hall–Kier alpha value is -1.80. The summed E-state index contributed by atoms with van der Waals surface area (Å²) in [6, 6.07) is 16.7. The molecule has 0 aliphatic heterocycles. The largest absolute Gasteiger partial charge is 0.508 e. The van der Waals surface area contributed by atoms with Crippen molar-refractivity contribution in [3.8, 4) is 5.75 Å². The van der Waals surface area contributed by atoms with Crippen LogP contribution in [0.2, 0.25) is 0 Å². The number of benzene rings is 2. The molecule has 2 aromatic carbocycles. The van der Waals surface area contributed by atoms with Crippen molar-refractivity contribution in [3.63, 3.8) is 0 Å². The summed E-state index contributed by atoms with van der Waals surface area (Å²) >= 11 is 0. The van der Waals surface area contributed by atoms with Crippen LogP contribution in [0.15, 0.2) is 48.5 Å². The van der Waals surface area contributed by atoms with E-state index in [1.54, 1.807) is 12.1 Å². The molecule has 0 bridgehead atoms. The highest BCUT2D eigenvalue weighted by molar-refractivity contribution is 5.38. The number of phenolic OH excluding ortho intramolecular Hbond substituents is 1. The standard InChI is InChI=1S/C19H23NO/c1-19(2)12-11-18(16-5-3-4-6-17(16)19)20-13-14-7-9-15(21)10-8-14/h3-10,18,20-21H,11-13H2,1-2H3. The van der Waals surface area contributed by atoms with E-state index in [4.69, 9.17) is 0 Å². The molecule has 2 nitrogen and oxygen atoms in total. The SMILES string of the molecule is CC1(C)CCC(NCc2ccc(O)cc2)c2ccccc21. The fourth-order valence-corrected chi connectivity index (χ4v) is 3.28. The van der Waals surface area contributed by atoms with Crippen LogP contribution in [0.1, 0.15) is 49.4 Å². The molecule has 0 aromatic heterocycles. The van der Waals surface area contributed by atoms with E-state index in [9.17, 15) is 5.11 Å². The molecular weight excluding hydrogens is 258 g/mol. The van der Waals surface area contributed by atoms with Gasteiger partial charge in [0.05, 0.1) is 0 Å². The van der Waals surface area contributed by atoms with E-state index in [-0.39, 0.29) is 5.41 Å². The molecule has 21 heavy (non-hydrogen) atoms. The molecular formula is C19H23NO. The Kier molecular flexibility index (Phi) is 3.73. The zero-order chi connectivity index (χ0) is 14.9. The fraction of sp³-hybridized carbons (Fsp3) is 0.368. The third-order valence-electron chi connectivity index (χ3n) is 4.61. The number of hydrogen-bond acceptors (Lipinski definition) is 2. The summed E-state index contributed by atoms with van der Waals surface area (Å²) < 4.78 is 0. The summed E-state index contributed by atoms with van der Waals surface area (Å²) in [6.45, 7) is 5.50. The van der Waals surface area contributed by atoms with Crippen LogP contribution >= 0.6 is 0 Å². The van der Waals surface area contributed by atoms with Crippen molar-refractivity contribution in [2.45, 2.75) is 44.7 Å². The van der Waals surface area contributed by atoms with Gasteiger partial charge in [0.1, 0.15) is 5.75 Å². The maximum atomic E-state index is 9.34. The van der Waals surface area contributed by atoms with Gasteiger partial charge in [-0.25, -0.2) is 0 Å². The van der Waals surface area contributed by atoms with Crippen LogP contribution in [0.5, 0.6) is 5.75 Å². The quantitative estimate of drug-likeness (QED) is 0.879. The molecule has 0 saturated heterocycles. The van der Waals surface area contributed by atoms with Gasteiger partial charge in [0.15, 0.2) is 0 Å². The number of hydrogen-bond donors (Lipinski definition) is 2. The Balaban J connectivity index is 1.76. The van der Waals surface area contributed by atoms with Crippen LogP contribution in [-0.2, 0) is 12.0 Å². The monoisotopic (exact) mass is 281 g/mol. The van der Waals surface area contributed by atoms with E-state index < -0.39 is 0 Å². The zero-order valence-corrected chi connectivity index (χ0v) is 12.8. The third-order valence-corrected chi connectivity index (χ3v) is 4.61. The molecule has 110 valence electrons. The lowest BCUT2D eigenvalue weighted by molar-refractivity contribution is 0.357. The van der Waals surface area contributed by atoms with Crippen molar-refractivity contribution in [1.29, 1.82) is 0 Å². The van der Waals surface area contributed by atoms with Gasteiger partial charge in [-0.2, -0.15) is 0 Å². The average Bonchev–Trinajstić information content (AvgIpc) is 2.48. The molecule has 1 atom stereocenters. The van der Waals surface area contributed by atoms with Gasteiger partial charge in [0.25, 0.3) is 0 Å². The van der Waals surface area contributed by atoms with E-state index >= 15 is 0 Å². The summed E-state index contributed by atoms with van der Waals surface area (Å²) in [6.07, 6.45) is 2.37. The van der Waals surface area contributed by atoms with E-state index in [1.807, 2.05) is 12.1 Å². The van der Waals surface area contributed by atoms with Crippen molar-refractivity contribution in [2.24, 2.45) is 0 Å². The predicted octanol–water partition coefficient (Wildman–Crippen LogP) is 4.29. The topological polar surface area (TPSA) is 32.3 Å². The average molecular weight is 281 g/mol. The summed E-state index contributed by atoms with van der Waals surface area (Å²) in [5.41, 5.74) is 4.38. The van der Waals surface area contributed by atoms with Gasteiger partial charge in [-0.1, -0.05) is 50.2 Å². The van der Waals surface area contributed by atoms with Crippen molar-refractivity contribution in [1.82, 2.24) is 5.32 Å². The molecule has 0 fully saturated rings. The third kappa shape index (κ3) is 2.96. The Morgan fingerprint density at radius 3 is 2.57 bits per heavy atom. The van der Waals surface area contributed by atoms with Crippen LogP contribution in [0.25, 0.3) is 0 Å². The number of nitrogens with one attached hydrogen (secondary N) is 1. The smallest absolute Gasteiger partial charge is 0.115 e. The van der Waals surface area contributed by atoms with Gasteiger partial charge in [0, 0.05) is 12.6 Å². The Bertz CT molecular complexity index is 616. The lowest BCUT2D eigenvalue weighted by atomic mass is 9.71. The lowest BCUT2D eigenvalue weighted by Crippen LogP contribution is -2.32. The summed E-state index contributed by atoms with van der Waals surface area (Å²) in [5, 5.41) is 13.0. The molecule has 0 amide bonds. The molecule has 0 radical (unpaired) electrons. The van der Waals surface area contributed by atoms with E-state index in [2.05, 4.69) is 43.4 Å². The number of aromatic hydroxyl groups is 1. The Morgan fingerprint density at radius 1 is 1.10 bits per heavy atom. The number of rotatable bonds is 3. The van der Waals surface area contributed by atoms with E-state index in [1.165, 1.54) is 29.5 Å². The molecule has 2 heteroatoms. The number of fused-ring (bicyclic) bond motifs is 1. The van der Waals surface area contributed by atoms with E-state index in [0.29, 0.717) is 11.8 Å². The van der Waals surface area contributed by atoms with Crippen LogP contribution in [0.3, 0.4) is 0 Å². The summed E-state index contributed by atoms with van der Waals surface area (Å²) in [5.74, 6) is 0.323. The van der Waals surface area contributed by atoms with E-state index in [0.717, 1.165) is 6.54 Å². The lowest BCUT2D eigenvalue weighted by Gasteiger charge is -2.37. The Morgan fingerprint density at radius 2 is 1.81 bits per heavy atom. The van der Waals surface area contributed by atoms with Crippen molar-refractivity contribution in [2.75, 3.05) is 0 Å². The Labute approximate surface area is 126 Å². The van der Waals surface area contributed by atoms with Gasteiger partial charge in [-0.3, -0.25) is 0 Å². The predicted molar refractivity (Wildman–Crippen MR) is 86.4 cm³/mol. The second-order valence-electron chi connectivity index (χ2n) is 6.61. The molecule has 2 N–H and O–H groups in total. The minimum atomic E-state index is 0.271. The van der Waals surface area contributed by atoms with Crippen LogP contribution in [-0.4, -0.2) is 5.11 Å². The summed E-state index contributed by atoms with van der Waals surface area (Å²) in [4.78, 5) is 0. The van der Waals surface area contributed by atoms with Gasteiger partial charge in [-0.15, -0.1) is 0 Å². The van der Waals surface area contributed by atoms with Crippen LogP contribution in [0, 0.1) is 0 Å². The molecule has 1 aliphatic carbocycles. The highest BCUT2D eigenvalue weighted by Gasteiger charge is 2.31. The molecule has 2 aromatic rings. The maximum Gasteiger partial charge on any atom is 0.115 e. The second-order valence-corrected chi connectivity index (χ2v) is 6.61. The van der Waals surface area contributed by atoms with Crippen LogP contribution < -0.4 is 5.32 Å². The maximum absolute atomic E-state index is 9.34. The molecule has 0 spiro atoms. The zero-order valence-electron chi connectivity index (χ0n) is 12.8. The molecule has 3 rings (SSSR count). The van der Waals surface area contributed by atoms with Crippen molar-refractivity contribution >= 4 is 0 Å². The molecule has 1 unspecified atom stereocenters. The first-order valence-corrected chi connectivity index (χ1v) is 7.67. The normalized spacial score (nSPS) is 20.0. The second kappa shape index (κ2) is 5.53. The fourth-order valence-electron chi connectivity index (χ4n) is 3.28. The highest BCUT2D eigenvalue weighted by atomic mass is 16.3. The minimum Gasteiger partial charge on any atom is -0.508 e. The summed E-state index contributed by atoms with van der Waals surface area (Å²) in [7, 11) is 0. The first kappa shape index (κ1) is 14.2. The van der Waals surface area contributed by atoms with Crippen molar-refractivity contribution < 1.29 is 5.11 Å². The van der Waals surface area contributed by atoms with Crippen molar-refractivity contribution in [3.05, 3.63) is 65.2 Å². The molecule has 0 heterocycles. The van der Waals surface area contributed by atoms with Gasteiger partial charge in [0.2, 0.25) is 0 Å². The van der Waals surface area contributed by atoms with Crippen LogP contribution in [0.4, 0.5) is 0 Å². The van der Waals surface area contributed by atoms with Gasteiger partial charge in [-0.05, 0) is 47.1 Å². The van der Waals surface area contributed by atoms with Gasteiger partial charge < -0.3 is 10.4 Å². The minimum absolute atomic E-state index is 0.271. The molecule has 0 saturated carbocycles. The first-order chi connectivity index (χ1) is 10.1.